The number of hydrogen-bond donors (Lipinski definition) is 1. The van der Waals surface area contributed by atoms with Crippen molar-refractivity contribution in [1.82, 2.24) is 19.7 Å². The molecule has 2 aliphatic carbocycles. The lowest BCUT2D eigenvalue weighted by Gasteiger charge is -2.42. The number of likely N-dealkylation sites (tertiary alicyclic amines) is 1. The Morgan fingerprint density at radius 2 is 1.97 bits per heavy atom. The summed E-state index contributed by atoms with van der Waals surface area (Å²) in [5.74, 6) is -0.367. The molecule has 2 aromatic heterocycles. The first-order chi connectivity index (χ1) is 15.1. The van der Waals surface area contributed by atoms with Gasteiger partial charge >= 0.3 is 6.36 Å². The standard InChI is InChI=1S/C22H26F3N5O2/c1-11(2)30-18(20-15-5-13(6-16(15)20)29-9-14(10-29)31-3)7-17(28-30)12-4-19(21(26)27-8-12)32-22(23,24)25/h4,7-8,11,13-15H,5-6,9-10H2,1-3H3,(H2,26,27)/t13?,15-/m1/s1. The average molecular weight is 449 g/mol. The first kappa shape index (κ1) is 21.3. The summed E-state index contributed by atoms with van der Waals surface area (Å²) in [6.45, 7) is 6.07. The molecule has 3 aliphatic rings. The van der Waals surface area contributed by atoms with Crippen LogP contribution in [0.5, 0.6) is 5.75 Å². The van der Waals surface area contributed by atoms with Gasteiger partial charge in [0.05, 0.1) is 17.5 Å². The molecule has 172 valence electrons. The molecule has 3 heterocycles. The van der Waals surface area contributed by atoms with Crippen molar-refractivity contribution in [2.45, 2.75) is 51.2 Å². The largest absolute Gasteiger partial charge is 0.573 e. The third-order valence-electron chi connectivity index (χ3n) is 6.63. The number of nitrogens with two attached hydrogens (primary N) is 1. The van der Waals surface area contributed by atoms with Crippen LogP contribution in [-0.4, -0.2) is 58.4 Å². The summed E-state index contributed by atoms with van der Waals surface area (Å²) in [4.78, 5) is 6.36. The minimum absolute atomic E-state index is 0.106. The number of pyridine rings is 1. The van der Waals surface area contributed by atoms with Crippen LogP contribution in [-0.2, 0) is 4.74 Å². The number of rotatable bonds is 6. The first-order valence-electron chi connectivity index (χ1n) is 10.8. The summed E-state index contributed by atoms with van der Waals surface area (Å²) in [5.41, 5.74) is 10.4. The van der Waals surface area contributed by atoms with Crippen molar-refractivity contribution >= 4 is 11.4 Å². The quantitative estimate of drug-likeness (QED) is 0.721. The summed E-state index contributed by atoms with van der Waals surface area (Å²) in [6.07, 6.45) is -0.905. The molecule has 1 unspecified atom stereocenters. The molecule has 2 fully saturated rings. The fourth-order valence-corrected chi connectivity index (χ4v) is 4.91. The van der Waals surface area contributed by atoms with Crippen molar-refractivity contribution in [3.63, 3.8) is 0 Å². The number of halogens is 3. The smallest absolute Gasteiger partial charge is 0.402 e. The van der Waals surface area contributed by atoms with Gasteiger partial charge in [0.25, 0.3) is 0 Å². The van der Waals surface area contributed by atoms with E-state index in [1.165, 1.54) is 23.4 Å². The lowest BCUT2D eigenvalue weighted by Crippen LogP contribution is -2.55. The van der Waals surface area contributed by atoms with Crippen LogP contribution >= 0.6 is 0 Å². The number of alkyl halides is 3. The molecule has 0 radical (unpaired) electrons. The summed E-state index contributed by atoms with van der Waals surface area (Å²) in [5, 5.41) is 4.68. The van der Waals surface area contributed by atoms with Crippen LogP contribution in [0.15, 0.2) is 23.9 Å². The average Bonchev–Trinajstić information content (AvgIpc) is 3.04. The maximum Gasteiger partial charge on any atom is 0.573 e. The molecule has 0 bridgehead atoms. The van der Waals surface area contributed by atoms with Crippen molar-refractivity contribution < 1.29 is 22.6 Å². The van der Waals surface area contributed by atoms with Crippen LogP contribution in [0.1, 0.15) is 38.4 Å². The number of anilines is 1. The van der Waals surface area contributed by atoms with Crippen molar-refractivity contribution in [1.29, 1.82) is 0 Å². The Kier molecular flexibility index (Phi) is 4.97. The molecule has 1 aliphatic heterocycles. The third kappa shape index (κ3) is 3.75. The van der Waals surface area contributed by atoms with E-state index in [0.717, 1.165) is 31.6 Å². The van der Waals surface area contributed by atoms with E-state index in [9.17, 15) is 13.2 Å². The van der Waals surface area contributed by atoms with Crippen molar-refractivity contribution in [3.05, 3.63) is 29.6 Å². The predicted octanol–water partition coefficient (Wildman–Crippen LogP) is 3.88. The zero-order valence-electron chi connectivity index (χ0n) is 18.2. The minimum Gasteiger partial charge on any atom is -0.402 e. The van der Waals surface area contributed by atoms with Gasteiger partial charge in [0.2, 0.25) is 0 Å². The van der Waals surface area contributed by atoms with E-state index in [1.807, 2.05) is 24.6 Å². The molecule has 32 heavy (non-hydrogen) atoms. The van der Waals surface area contributed by atoms with Crippen LogP contribution in [0.3, 0.4) is 0 Å². The van der Waals surface area contributed by atoms with Crippen LogP contribution in [0, 0.1) is 5.92 Å². The molecule has 1 saturated carbocycles. The zero-order chi connectivity index (χ0) is 22.8. The zero-order valence-corrected chi connectivity index (χ0v) is 18.2. The molecule has 0 spiro atoms. The number of nitrogens with zero attached hydrogens (tertiary/aromatic N) is 4. The number of methoxy groups -OCH3 is 1. The Bertz CT molecular complexity index is 1070. The SMILES string of the molecule is COC1CN(C2CC3=C(c4cc(-c5cnc(N)c(OC(F)(F)F)c5)nn4C(C)C)[C@@H]3C2)C1. The Balaban J connectivity index is 1.39. The highest BCUT2D eigenvalue weighted by Crippen LogP contribution is 2.58. The number of fused-ring (bicyclic) bond motifs is 1. The minimum atomic E-state index is -4.84. The van der Waals surface area contributed by atoms with E-state index >= 15 is 0 Å². The topological polar surface area (TPSA) is 78.4 Å². The summed E-state index contributed by atoms with van der Waals surface area (Å²) in [6, 6.07) is 3.85. The highest BCUT2D eigenvalue weighted by atomic mass is 19.4. The predicted molar refractivity (Wildman–Crippen MR) is 113 cm³/mol. The maximum absolute atomic E-state index is 12.7. The monoisotopic (exact) mass is 449 g/mol. The van der Waals surface area contributed by atoms with Gasteiger partial charge in [-0.3, -0.25) is 9.58 Å². The molecule has 2 aromatic rings. The first-order valence-corrected chi connectivity index (χ1v) is 10.8. The Hall–Kier alpha value is -2.59. The number of ether oxygens (including phenoxy) is 2. The molecular weight excluding hydrogens is 423 g/mol. The van der Waals surface area contributed by atoms with Gasteiger partial charge in [-0.15, -0.1) is 13.2 Å². The molecule has 2 N–H and O–H groups in total. The number of nitrogen functional groups attached to an aromatic ring is 1. The molecule has 10 heteroatoms. The number of aromatic nitrogens is 3. The van der Waals surface area contributed by atoms with Gasteiger partial charge in [-0.1, -0.05) is 5.57 Å². The lowest BCUT2D eigenvalue weighted by molar-refractivity contribution is -0.274. The van der Waals surface area contributed by atoms with Crippen LogP contribution in [0.2, 0.25) is 0 Å². The van der Waals surface area contributed by atoms with E-state index < -0.39 is 12.1 Å². The molecule has 7 nitrogen and oxygen atoms in total. The van der Waals surface area contributed by atoms with E-state index in [1.54, 1.807) is 7.11 Å². The van der Waals surface area contributed by atoms with Gasteiger partial charge in [0.1, 0.15) is 0 Å². The van der Waals surface area contributed by atoms with Gasteiger partial charge in [-0.05, 0) is 44.4 Å². The van der Waals surface area contributed by atoms with Crippen molar-refractivity contribution in [2.24, 2.45) is 5.92 Å². The number of allylic oxidation sites excluding steroid dienone is 1. The van der Waals surface area contributed by atoms with E-state index in [0.29, 0.717) is 29.3 Å². The number of hydrogen-bond acceptors (Lipinski definition) is 6. The fraction of sp³-hybridized carbons (Fsp3) is 0.545. The van der Waals surface area contributed by atoms with Crippen LogP contribution in [0.25, 0.3) is 16.8 Å². The summed E-state index contributed by atoms with van der Waals surface area (Å²) < 4.78 is 49.4. The van der Waals surface area contributed by atoms with Crippen molar-refractivity contribution in [2.75, 3.05) is 25.9 Å². The molecule has 0 aromatic carbocycles. The van der Waals surface area contributed by atoms with Crippen LogP contribution < -0.4 is 10.5 Å². The van der Waals surface area contributed by atoms with E-state index in [-0.39, 0.29) is 11.9 Å². The molecule has 0 amide bonds. The van der Waals surface area contributed by atoms with Gasteiger partial charge in [-0.25, -0.2) is 4.98 Å². The molecule has 2 atom stereocenters. The second-order valence-corrected chi connectivity index (χ2v) is 9.01. The Morgan fingerprint density at radius 3 is 2.56 bits per heavy atom. The third-order valence-corrected chi connectivity index (χ3v) is 6.63. The Labute approximate surface area is 184 Å². The molecule has 1 saturated heterocycles. The van der Waals surface area contributed by atoms with Gasteiger partial charge < -0.3 is 15.2 Å². The Morgan fingerprint density at radius 1 is 1.22 bits per heavy atom. The second kappa shape index (κ2) is 7.48. The highest BCUT2D eigenvalue weighted by Gasteiger charge is 2.49. The van der Waals surface area contributed by atoms with Crippen molar-refractivity contribution in [3.8, 4) is 17.0 Å². The lowest BCUT2D eigenvalue weighted by atomic mass is 10.0. The molecule has 5 rings (SSSR count). The molecular formula is C22H26F3N5O2. The fourth-order valence-electron chi connectivity index (χ4n) is 4.91. The normalized spacial score (nSPS) is 23.6. The maximum atomic E-state index is 12.7. The van der Waals surface area contributed by atoms with Gasteiger partial charge in [0.15, 0.2) is 11.6 Å². The van der Waals surface area contributed by atoms with Gasteiger partial charge in [-0.2, -0.15) is 5.10 Å². The van der Waals surface area contributed by atoms with Crippen LogP contribution in [0.4, 0.5) is 19.0 Å². The van der Waals surface area contributed by atoms with E-state index in [2.05, 4.69) is 19.7 Å². The highest BCUT2D eigenvalue weighted by molar-refractivity contribution is 5.87. The van der Waals surface area contributed by atoms with Gasteiger partial charge in [0, 0.05) is 50.0 Å². The summed E-state index contributed by atoms with van der Waals surface area (Å²) >= 11 is 0. The second-order valence-electron chi connectivity index (χ2n) is 9.01. The summed E-state index contributed by atoms with van der Waals surface area (Å²) in [7, 11) is 1.76. The van der Waals surface area contributed by atoms with E-state index in [4.69, 9.17) is 10.5 Å².